The number of hydrazine groups is 1. The van der Waals surface area contributed by atoms with Crippen molar-refractivity contribution in [3.63, 3.8) is 0 Å². The molecule has 70 valence electrons. The molecule has 0 rings (SSSR count). The van der Waals surface area contributed by atoms with E-state index in [-0.39, 0.29) is 0 Å². The predicted octanol–water partition coefficient (Wildman–Crippen LogP) is 2.47. The monoisotopic (exact) mass is 160 g/mol. The van der Waals surface area contributed by atoms with Crippen LogP contribution >= 0.6 is 0 Å². The third kappa shape index (κ3) is 42.3. The van der Waals surface area contributed by atoms with Gasteiger partial charge in [0.05, 0.1) is 0 Å². The van der Waals surface area contributed by atoms with Crippen LogP contribution in [-0.4, -0.2) is 6.54 Å². The first-order valence-electron chi connectivity index (χ1n) is 4.46. The summed E-state index contributed by atoms with van der Waals surface area (Å²) < 4.78 is 0. The maximum absolute atomic E-state index is 4.98. The van der Waals surface area contributed by atoms with E-state index in [1.807, 2.05) is 33.8 Å². The van der Waals surface area contributed by atoms with E-state index >= 15 is 0 Å². The number of hydrogen-bond donors (Lipinski definition) is 2. The van der Waals surface area contributed by atoms with Crippen molar-refractivity contribution in [2.45, 2.75) is 40.5 Å². The third-order valence-corrected chi connectivity index (χ3v) is 0.729. The first-order chi connectivity index (χ1) is 5.41. The molecule has 0 saturated heterocycles. The van der Waals surface area contributed by atoms with Crippen molar-refractivity contribution in [3.8, 4) is 0 Å². The van der Waals surface area contributed by atoms with Crippen LogP contribution in [0.4, 0.5) is 0 Å². The summed E-state index contributed by atoms with van der Waals surface area (Å²) in [6, 6.07) is 0. The van der Waals surface area contributed by atoms with Crippen molar-refractivity contribution in [2.24, 2.45) is 5.84 Å². The van der Waals surface area contributed by atoms with Gasteiger partial charge in [0.2, 0.25) is 0 Å². The van der Waals surface area contributed by atoms with Gasteiger partial charge in [0.25, 0.3) is 0 Å². The van der Waals surface area contributed by atoms with E-state index in [4.69, 9.17) is 5.84 Å². The predicted molar refractivity (Wildman–Crippen MR) is 54.3 cm³/mol. The number of rotatable bonds is 4. The zero-order valence-electron chi connectivity index (χ0n) is 8.48. The van der Waals surface area contributed by atoms with Gasteiger partial charge in [-0.3, -0.25) is 11.3 Å². The molecule has 0 saturated carbocycles. The number of hydrogen-bond acceptors (Lipinski definition) is 2. The Balaban J connectivity index is -0.000000138. The molecule has 0 amide bonds. The molecule has 0 aliphatic heterocycles. The van der Waals surface area contributed by atoms with Gasteiger partial charge in [-0.2, -0.15) is 0 Å². The zero-order chi connectivity index (χ0) is 9.54. The molecule has 3 N–H and O–H groups in total. The molecule has 0 aliphatic carbocycles. The second-order valence-electron chi connectivity index (χ2n) is 1.39. The molecule has 0 radical (unpaired) electrons. The molecule has 0 aliphatic rings. The quantitative estimate of drug-likeness (QED) is 0.287. The van der Waals surface area contributed by atoms with Crippen LogP contribution in [0.5, 0.6) is 0 Å². The smallest absolute Gasteiger partial charge is 0.0100 e. The lowest BCUT2D eigenvalue weighted by Gasteiger charge is -1.91. The highest BCUT2D eigenvalue weighted by molar-refractivity contribution is 4.65. The van der Waals surface area contributed by atoms with E-state index in [9.17, 15) is 0 Å². The summed E-state index contributed by atoms with van der Waals surface area (Å²) in [6.07, 6.45) is 4.02. The van der Waals surface area contributed by atoms with Crippen LogP contribution in [0.2, 0.25) is 0 Å². The first kappa shape index (κ1) is 17.0. The van der Waals surface area contributed by atoms with Gasteiger partial charge >= 0.3 is 0 Å². The Labute approximate surface area is 71.8 Å². The zero-order valence-corrected chi connectivity index (χ0v) is 8.48. The molecule has 11 heavy (non-hydrogen) atoms. The van der Waals surface area contributed by atoms with E-state index in [0.29, 0.717) is 0 Å². The molecule has 0 heterocycles. The second-order valence-corrected chi connectivity index (χ2v) is 1.39. The summed E-state index contributed by atoms with van der Waals surface area (Å²) in [5.74, 6) is 4.98. The van der Waals surface area contributed by atoms with Crippen molar-refractivity contribution in [3.05, 3.63) is 12.7 Å². The van der Waals surface area contributed by atoms with Gasteiger partial charge in [-0.25, -0.2) is 0 Å². The van der Waals surface area contributed by atoms with E-state index in [1.165, 1.54) is 0 Å². The molecule has 0 atom stereocenters. The van der Waals surface area contributed by atoms with Gasteiger partial charge in [-0.05, 0) is 12.8 Å². The van der Waals surface area contributed by atoms with Crippen LogP contribution in [0.15, 0.2) is 12.7 Å². The number of nitrogens with one attached hydrogen (secondary N) is 1. The molecule has 0 aromatic carbocycles. The lowest BCUT2D eigenvalue weighted by Crippen LogP contribution is -2.22. The second kappa shape index (κ2) is 33.4. The van der Waals surface area contributed by atoms with Crippen LogP contribution in [0, 0.1) is 0 Å². The normalized spacial score (nSPS) is 6.64. The minimum Gasteiger partial charge on any atom is -0.271 e. The summed E-state index contributed by atoms with van der Waals surface area (Å²) in [5.41, 5.74) is 2.55. The van der Waals surface area contributed by atoms with Gasteiger partial charge < -0.3 is 0 Å². The largest absolute Gasteiger partial charge is 0.271 e. The van der Waals surface area contributed by atoms with E-state index in [2.05, 4.69) is 12.0 Å². The Hall–Kier alpha value is -0.340. The van der Waals surface area contributed by atoms with Gasteiger partial charge in [0.15, 0.2) is 0 Å². The topological polar surface area (TPSA) is 38.0 Å². The van der Waals surface area contributed by atoms with E-state index in [0.717, 1.165) is 19.4 Å². The average molecular weight is 160 g/mol. The molecule has 0 spiro atoms. The standard InChI is InChI=1S/C5H12N2.2C2H6/c1-2-3-4-5-7-6;2*1-2/h2,7H,1,3-6H2;2*1-2H3. The van der Waals surface area contributed by atoms with Gasteiger partial charge in [-0.1, -0.05) is 33.8 Å². The molecule has 2 nitrogen and oxygen atoms in total. The number of unbranched alkanes of at least 4 members (excludes halogenated alkanes) is 1. The third-order valence-electron chi connectivity index (χ3n) is 0.729. The fourth-order valence-electron chi connectivity index (χ4n) is 0.348. The number of allylic oxidation sites excluding steroid dienone is 1. The Morgan fingerprint density at radius 2 is 1.73 bits per heavy atom. The van der Waals surface area contributed by atoms with Crippen molar-refractivity contribution in [1.29, 1.82) is 0 Å². The molecule has 0 bridgehead atoms. The Morgan fingerprint density at radius 1 is 1.27 bits per heavy atom. The molecule has 0 aromatic heterocycles. The highest BCUT2D eigenvalue weighted by atomic mass is 15.2. The van der Waals surface area contributed by atoms with Crippen LogP contribution in [0.3, 0.4) is 0 Å². The molecule has 2 heteroatoms. The summed E-state index contributed by atoms with van der Waals surface area (Å²) in [7, 11) is 0. The Kier molecular flexibility index (Phi) is 51.4. The molecule has 0 unspecified atom stereocenters. The lowest BCUT2D eigenvalue weighted by molar-refractivity contribution is 0.687. The van der Waals surface area contributed by atoms with E-state index < -0.39 is 0 Å². The fraction of sp³-hybridized carbons (Fsp3) is 0.778. The molecule has 0 aromatic rings. The van der Waals surface area contributed by atoms with Crippen LogP contribution in [0.25, 0.3) is 0 Å². The first-order valence-corrected chi connectivity index (χ1v) is 4.46. The summed E-state index contributed by atoms with van der Waals surface area (Å²) in [6.45, 7) is 12.4. The highest BCUT2D eigenvalue weighted by Crippen LogP contribution is 1.83. The van der Waals surface area contributed by atoms with Gasteiger partial charge in [0.1, 0.15) is 0 Å². The lowest BCUT2D eigenvalue weighted by atomic mass is 10.3. The van der Waals surface area contributed by atoms with Crippen LogP contribution in [0.1, 0.15) is 40.5 Å². The maximum Gasteiger partial charge on any atom is 0.0100 e. The fourth-order valence-corrected chi connectivity index (χ4v) is 0.348. The minimum atomic E-state index is 0.881. The summed E-state index contributed by atoms with van der Waals surface area (Å²) in [4.78, 5) is 0. The molecule has 0 fully saturated rings. The maximum atomic E-state index is 4.98. The summed E-state index contributed by atoms with van der Waals surface area (Å²) in [5, 5.41) is 0. The SMILES string of the molecule is C=CCCCNN.CC.CC. The van der Waals surface area contributed by atoms with Crippen molar-refractivity contribution < 1.29 is 0 Å². The number of nitrogens with two attached hydrogens (primary N) is 1. The summed E-state index contributed by atoms with van der Waals surface area (Å²) >= 11 is 0. The van der Waals surface area contributed by atoms with Gasteiger partial charge in [0, 0.05) is 6.54 Å². The molecular weight excluding hydrogens is 136 g/mol. The van der Waals surface area contributed by atoms with Gasteiger partial charge in [-0.15, -0.1) is 6.58 Å². The van der Waals surface area contributed by atoms with E-state index in [1.54, 1.807) is 0 Å². The highest BCUT2D eigenvalue weighted by Gasteiger charge is 1.76. The minimum absolute atomic E-state index is 0.881. The van der Waals surface area contributed by atoms with Crippen molar-refractivity contribution >= 4 is 0 Å². The Bertz CT molecular complexity index is 44.8. The van der Waals surface area contributed by atoms with Crippen LogP contribution < -0.4 is 11.3 Å². The Morgan fingerprint density at radius 3 is 2.00 bits per heavy atom. The van der Waals surface area contributed by atoms with Crippen molar-refractivity contribution in [2.75, 3.05) is 6.54 Å². The molecular formula is C9H24N2. The van der Waals surface area contributed by atoms with Crippen LogP contribution in [-0.2, 0) is 0 Å². The average Bonchev–Trinajstić information content (AvgIpc) is 2.13. The van der Waals surface area contributed by atoms with Crippen molar-refractivity contribution in [1.82, 2.24) is 5.43 Å².